The van der Waals surface area contributed by atoms with Crippen LogP contribution in [0.3, 0.4) is 0 Å². The number of hydrogen-bond acceptors (Lipinski definition) is 3. The molecule has 0 bridgehead atoms. The molecular formula is C61H37N5. The van der Waals surface area contributed by atoms with Crippen molar-refractivity contribution in [3.05, 3.63) is 224 Å². The number of hydrogen-bond donors (Lipinski definition) is 0. The molecule has 0 spiro atoms. The smallest absolute Gasteiger partial charge is 0.164 e. The van der Waals surface area contributed by atoms with Gasteiger partial charge in [0.05, 0.1) is 22.1 Å². The van der Waals surface area contributed by atoms with Crippen molar-refractivity contribution in [1.29, 1.82) is 0 Å². The summed E-state index contributed by atoms with van der Waals surface area (Å²) in [6.07, 6.45) is 0. The first-order chi connectivity index (χ1) is 32.7. The van der Waals surface area contributed by atoms with Crippen LogP contribution < -0.4 is 0 Å². The van der Waals surface area contributed by atoms with Crippen LogP contribution in [0.5, 0.6) is 0 Å². The van der Waals surface area contributed by atoms with Gasteiger partial charge in [0.1, 0.15) is 0 Å². The fourth-order valence-electron chi connectivity index (χ4n) is 10.4. The molecule has 11 aromatic carbocycles. The van der Waals surface area contributed by atoms with Crippen LogP contribution in [0.15, 0.2) is 224 Å². The lowest BCUT2D eigenvalue weighted by atomic mass is 10.0. The van der Waals surface area contributed by atoms with E-state index >= 15 is 0 Å². The van der Waals surface area contributed by atoms with E-state index in [2.05, 4.69) is 215 Å². The molecule has 14 aromatic rings. The van der Waals surface area contributed by atoms with E-state index in [4.69, 9.17) is 15.0 Å². The Morgan fingerprint density at radius 2 is 0.833 bits per heavy atom. The third kappa shape index (κ3) is 5.63. The molecule has 0 fully saturated rings. The van der Waals surface area contributed by atoms with Gasteiger partial charge in [-0.05, 0) is 104 Å². The number of para-hydroxylation sites is 2. The second-order valence-electron chi connectivity index (χ2n) is 17.2. The highest BCUT2D eigenvalue weighted by atomic mass is 15.0. The average molecular weight is 840 g/mol. The minimum atomic E-state index is 0.625. The molecule has 3 aromatic heterocycles. The second-order valence-corrected chi connectivity index (χ2v) is 17.2. The highest BCUT2D eigenvalue weighted by Gasteiger charge is 2.20. The summed E-state index contributed by atoms with van der Waals surface area (Å²) in [5, 5.41) is 14.3. The predicted molar refractivity (Wildman–Crippen MR) is 275 cm³/mol. The van der Waals surface area contributed by atoms with Crippen molar-refractivity contribution in [3.8, 4) is 45.5 Å². The zero-order valence-electron chi connectivity index (χ0n) is 35.6. The third-order valence-electron chi connectivity index (χ3n) is 13.5. The topological polar surface area (TPSA) is 48.5 Å². The molecule has 5 heteroatoms. The largest absolute Gasteiger partial charge is 0.309 e. The van der Waals surface area contributed by atoms with Crippen LogP contribution in [-0.2, 0) is 0 Å². The number of rotatable bonds is 5. The van der Waals surface area contributed by atoms with Crippen LogP contribution in [0.4, 0.5) is 0 Å². The highest BCUT2D eigenvalue weighted by Crippen LogP contribution is 2.41. The Labute approximate surface area is 379 Å². The van der Waals surface area contributed by atoms with Gasteiger partial charge in [-0.25, -0.2) is 15.0 Å². The second kappa shape index (κ2) is 14.3. The normalized spacial score (nSPS) is 11.9. The molecule has 0 aliphatic rings. The Kier molecular flexibility index (Phi) is 7.91. The Morgan fingerprint density at radius 3 is 1.67 bits per heavy atom. The first kappa shape index (κ1) is 36.5. The molecule has 0 aliphatic heterocycles. The summed E-state index contributed by atoms with van der Waals surface area (Å²) in [5.41, 5.74) is 9.65. The third-order valence-corrected chi connectivity index (χ3v) is 13.5. The minimum Gasteiger partial charge on any atom is -0.309 e. The number of nitrogens with zero attached hydrogens (tertiary/aromatic N) is 5. The molecule has 0 N–H and O–H groups in total. The van der Waals surface area contributed by atoms with E-state index in [9.17, 15) is 0 Å². The molecule has 0 radical (unpaired) electrons. The molecule has 0 atom stereocenters. The van der Waals surface area contributed by atoms with E-state index in [-0.39, 0.29) is 0 Å². The van der Waals surface area contributed by atoms with E-state index in [1.54, 1.807) is 0 Å². The lowest BCUT2D eigenvalue weighted by molar-refractivity contribution is 1.07. The van der Waals surface area contributed by atoms with Crippen molar-refractivity contribution < 1.29 is 0 Å². The first-order valence-electron chi connectivity index (χ1n) is 22.4. The van der Waals surface area contributed by atoms with Crippen LogP contribution in [0.1, 0.15) is 0 Å². The number of aromatic nitrogens is 5. The van der Waals surface area contributed by atoms with Crippen LogP contribution in [0.2, 0.25) is 0 Å². The SMILES string of the molecule is c1ccc(-c2nc(-c3ccc4ccccc4c3)nc(-c3cc(-n4c5ccccc5c5cc6ccc(-n7c8ccccc8c8c9ccccc9ccc87)cc6cc54)cc4ccccc34)n2)cc1. The van der Waals surface area contributed by atoms with Crippen molar-refractivity contribution >= 4 is 86.7 Å². The molecular weight excluding hydrogens is 803 g/mol. The van der Waals surface area contributed by atoms with Crippen LogP contribution in [0, 0.1) is 0 Å². The van der Waals surface area contributed by atoms with E-state index < -0.39 is 0 Å². The van der Waals surface area contributed by atoms with Crippen LogP contribution >= 0.6 is 0 Å². The maximum Gasteiger partial charge on any atom is 0.164 e. The van der Waals surface area contributed by atoms with Gasteiger partial charge in [-0.1, -0.05) is 164 Å². The minimum absolute atomic E-state index is 0.625. The van der Waals surface area contributed by atoms with E-state index in [0.717, 1.165) is 55.3 Å². The Hall–Kier alpha value is -8.93. The van der Waals surface area contributed by atoms with E-state index in [1.807, 2.05) is 18.2 Å². The monoisotopic (exact) mass is 839 g/mol. The summed E-state index contributed by atoms with van der Waals surface area (Å²) in [4.78, 5) is 15.7. The first-order valence-corrected chi connectivity index (χ1v) is 22.4. The molecule has 66 heavy (non-hydrogen) atoms. The Balaban J connectivity index is 0.999. The highest BCUT2D eigenvalue weighted by molar-refractivity contribution is 6.21. The van der Waals surface area contributed by atoms with Gasteiger partial charge in [0, 0.05) is 49.6 Å². The molecule has 0 unspecified atom stereocenters. The van der Waals surface area contributed by atoms with E-state index in [0.29, 0.717) is 17.5 Å². The van der Waals surface area contributed by atoms with Crippen molar-refractivity contribution in [2.75, 3.05) is 0 Å². The Bertz CT molecular complexity index is 4290. The molecule has 0 amide bonds. The molecule has 306 valence electrons. The van der Waals surface area contributed by atoms with E-state index in [1.165, 1.54) is 59.5 Å². The summed E-state index contributed by atoms with van der Waals surface area (Å²) in [6.45, 7) is 0. The van der Waals surface area contributed by atoms with Crippen molar-refractivity contribution in [2.24, 2.45) is 0 Å². The molecule has 0 aliphatic carbocycles. The van der Waals surface area contributed by atoms with Gasteiger partial charge in [0.25, 0.3) is 0 Å². The van der Waals surface area contributed by atoms with Crippen LogP contribution in [0.25, 0.3) is 132 Å². The van der Waals surface area contributed by atoms with Gasteiger partial charge < -0.3 is 9.13 Å². The Morgan fingerprint density at radius 1 is 0.258 bits per heavy atom. The van der Waals surface area contributed by atoms with Gasteiger partial charge in [-0.15, -0.1) is 0 Å². The molecule has 3 heterocycles. The average Bonchev–Trinajstić information content (AvgIpc) is 3.90. The predicted octanol–water partition coefficient (Wildman–Crippen LogP) is 15.7. The van der Waals surface area contributed by atoms with Gasteiger partial charge >= 0.3 is 0 Å². The molecule has 0 saturated heterocycles. The maximum atomic E-state index is 5.30. The summed E-state index contributed by atoms with van der Waals surface area (Å²) in [7, 11) is 0. The zero-order valence-corrected chi connectivity index (χ0v) is 35.6. The standard InChI is InChI=1S/C61H37N5/c1-2-16-40(17-3-1)59-62-60(44-27-26-38-14-4-5-18-41(38)32-44)64-61(63-59)53-37-47(33-43-19-7-8-20-48(43)53)66-54-24-12-10-22-50(54)52-35-42-28-30-46(34-45(42)36-57(52)66)65-55-25-13-11-23-51(55)58-49-21-9-6-15-39(49)29-31-56(58)65/h1-37H. The van der Waals surface area contributed by atoms with Crippen molar-refractivity contribution in [3.63, 3.8) is 0 Å². The fraction of sp³-hybridized carbons (Fsp3) is 0. The van der Waals surface area contributed by atoms with Gasteiger partial charge in [0.15, 0.2) is 17.5 Å². The number of fused-ring (bicyclic) bond motifs is 11. The lowest BCUT2D eigenvalue weighted by Crippen LogP contribution is -2.02. The summed E-state index contributed by atoms with van der Waals surface area (Å²) in [6, 6.07) is 80.6. The van der Waals surface area contributed by atoms with Gasteiger partial charge in [0.2, 0.25) is 0 Å². The van der Waals surface area contributed by atoms with Crippen molar-refractivity contribution in [2.45, 2.75) is 0 Å². The summed E-state index contributed by atoms with van der Waals surface area (Å²) < 4.78 is 4.85. The summed E-state index contributed by atoms with van der Waals surface area (Å²) in [5.74, 6) is 1.89. The lowest BCUT2D eigenvalue weighted by Gasteiger charge is -2.15. The quantitative estimate of drug-likeness (QED) is 0.173. The molecule has 5 nitrogen and oxygen atoms in total. The number of benzene rings is 11. The van der Waals surface area contributed by atoms with Gasteiger partial charge in [-0.3, -0.25) is 0 Å². The van der Waals surface area contributed by atoms with Gasteiger partial charge in [-0.2, -0.15) is 0 Å². The van der Waals surface area contributed by atoms with Crippen molar-refractivity contribution in [1.82, 2.24) is 24.1 Å². The zero-order chi connectivity index (χ0) is 43.3. The summed E-state index contributed by atoms with van der Waals surface area (Å²) >= 11 is 0. The fourth-order valence-corrected chi connectivity index (χ4v) is 10.4. The molecule has 0 saturated carbocycles. The maximum absolute atomic E-state index is 5.30. The molecule has 14 rings (SSSR count). The van der Waals surface area contributed by atoms with Crippen LogP contribution in [-0.4, -0.2) is 24.1 Å².